The molecule has 0 atom stereocenters. The van der Waals surface area contributed by atoms with Gasteiger partial charge in [-0.3, -0.25) is 5.10 Å². The Morgan fingerprint density at radius 2 is 2.31 bits per heavy atom. The quantitative estimate of drug-likeness (QED) is 0.691. The smallest absolute Gasteiger partial charge is 0.126 e. The predicted octanol–water partition coefficient (Wildman–Crippen LogP) is 2.26. The van der Waals surface area contributed by atoms with Crippen molar-refractivity contribution in [3.63, 3.8) is 0 Å². The number of anilines is 1. The van der Waals surface area contributed by atoms with E-state index in [1.54, 1.807) is 0 Å². The third kappa shape index (κ3) is 1.46. The van der Waals surface area contributed by atoms with Crippen molar-refractivity contribution in [3.05, 3.63) is 17.3 Å². The lowest BCUT2D eigenvalue weighted by atomic mass is 9.94. The number of nitrogens with two attached hydrogens (primary N) is 1. The number of nitrogen functional groups attached to an aromatic ring is 1. The topological polar surface area (TPSA) is 54.7 Å². The lowest BCUT2D eigenvalue weighted by Crippen LogP contribution is -1.96. The van der Waals surface area contributed by atoms with Gasteiger partial charge in [0.2, 0.25) is 0 Å². The van der Waals surface area contributed by atoms with Crippen LogP contribution in [-0.2, 0) is 0 Å². The second kappa shape index (κ2) is 3.24. The van der Waals surface area contributed by atoms with E-state index in [0.717, 1.165) is 17.7 Å². The third-order valence-electron chi connectivity index (χ3n) is 2.59. The van der Waals surface area contributed by atoms with Gasteiger partial charge in [0, 0.05) is 5.56 Å². The van der Waals surface area contributed by atoms with Gasteiger partial charge in [0.25, 0.3) is 0 Å². The van der Waals surface area contributed by atoms with Gasteiger partial charge in [0.05, 0.1) is 5.69 Å². The summed E-state index contributed by atoms with van der Waals surface area (Å²) in [5.41, 5.74) is 9.34. The minimum Gasteiger partial charge on any atom is -0.384 e. The minimum absolute atomic E-state index is 0.714. The molecule has 1 aromatic heterocycles. The van der Waals surface area contributed by atoms with Crippen LogP contribution in [0.2, 0.25) is 0 Å². The van der Waals surface area contributed by atoms with Crippen molar-refractivity contribution in [1.29, 1.82) is 0 Å². The number of rotatable bonds is 1. The van der Waals surface area contributed by atoms with E-state index in [1.807, 2.05) is 6.92 Å². The number of hydrogen-bond acceptors (Lipinski definition) is 2. The molecule has 0 bridgehead atoms. The number of aromatic nitrogens is 2. The van der Waals surface area contributed by atoms with E-state index >= 15 is 0 Å². The molecule has 13 heavy (non-hydrogen) atoms. The van der Waals surface area contributed by atoms with Crippen molar-refractivity contribution in [2.45, 2.75) is 32.6 Å². The molecule has 70 valence electrons. The Morgan fingerprint density at radius 3 is 2.85 bits per heavy atom. The molecule has 0 saturated carbocycles. The van der Waals surface area contributed by atoms with E-state index in [2.05, 4.69) is 16.3 Å². The number of nitrogens with zero attached hydrogens (tertiary/aromatic N) is 1. The molecule has 3 heteroatoms. The van der Waals surface area contributed by atoms with Crippen LogP contribution in [0.15, 0.2) is 6.08 Å². The first-order valence-electron chi connectivity index (χ1n) is 4.79. The van der Waals surface area contributed by atoms with Crippen LogP contribution in [0.4, 0.5) is 5.82 Å². The van der Waals surface area contributed by atoms with E-state index in [1.165, 1.54) is 24.8 Å². The highest BCUT2D eigenvalue weighted by Crippen LogP contribution is 2.31. The molecule has 1 aliphatic rings. The van der Waals surface area contributed by atoms with E-state index in [-0.39, 0.29) is 0 Å². The summed E-state index contributed by atoms with van der Waals surface area (Å²) in [5.74, 6) is 0.714. The number of aromatic amines is 1. The number of nitrogens with one attached hydrogen (secondary N) is 1. The van der Waals surface area contributed by atoms with Gasteiger partial charge in [-0.1, -0.05) is 6.08 Å². The molecule has 0 spiro atoms. The van der Waals surface area contributed by atoms with Gasteiger partial charge in [-0.05, 0) is 38.2 Å². The molecule has 1 aromatic rings. The second-order valence-corrected chi connectivity index (χ2v) is 3.57. The summed E-state index contributed by atoms with van der Waals surface area (Å²) in [6.45, 7) is 2.00. The summed E-state index contributed by atoms with van der Waals surface area (Å²) in [4.78, 5) is 0. The molecule has 1 aliphatic carbocycles. The maximum atomic E-state index is 5.81. The fourth-order valence-corrected chi connectivity index (χ4v) is 1.92. The van der Waals surface area contributed by atoms with Crippen LogP contribution < -0.4 is 5.73 Å². The van der Waals surface area contributed by atoms with Gasteiger partial charge in [0.15, 0.2) is 0 Å². The van der Waals surface area contributed by atoms with Gasteiger partial charge < -0.3 is 5.73 Å². The van der Waals surface area contributed by atoms with E-state index in [9.17, 15) is 0 Å². The fraction of sp³-hybridized carbons (Fsp3) is 0.500. The maximum Gasteiger partial charge on any atom is 0.126 e. The molecular weight excluding hydrogens is 162 g/mol. The van der Waals surface area contributed by atoms with Crippen molar-refractivity contribution < 1.29 is 0 Å². The van der Waals surface area contributed by atoms with Crippen LogP contribution >= 0.6 is 0 Å². The average molecular weight is 177 g/mol. The lowest BCUT2D eigenvalue weighted by Gasteiger charge is -2.12. The Labute approximate surface area is 78.0 Å². The Balaban J connectivity index is 2.38. The Hall–Kier alpha value is -1.25. The normalized spacial score (nSPS) is 17.2. The number of hydrogen-bond donors (Lipinski definition) is 2. The molecule has 0 aliphatic heterocycles. The Kier molecular flexibility index (Phi) is 2.08. The number of aryl methyl sites for hydroxylation is 1. The third-order valence-corrected chi connectivity index (χ3v) is 2.59. The Bertz CT molecular complexity index is 316. The van der Waals surface area contributed by atoms with Crippen LogP contribution in [0.3, 0.4) is 0 Å². The minimum atomic E-state index is 0.714. The van der Waals surface area contributed by atoms with Crippen molar-refractivity contribution in [2.75, 3.05) is 5.73 Å². The molecule has 0 fully saturated rings. The summed E-state index contributed by atoms with van der Waals surface area (Å²) in [5, 5.41) is 6.92. The highest BCUT2D eigenvalue weighted by atomic mass is 15.2. The molecule has 0 unspecified atom stereocenters. The van der Waals surface area contributed by atoms with Gasteiger partial charge >= 0.3 is 0 Å². The van der Waals surface area contributed by atoms with E-state index in [4.69, 9.17) is 5.73 Å². The van der Waals surface area contributed by atoms with Crippen molar-refractivity contribution >= 4 is 11.4 Å². The first-order valence-corrected chi connectivity index (χ1v) is 4.79. The number of H-pyrrole nitrogens is 1. The molecular formula is C10H15N3. The van der Waals surface area contributed by atoms with Crippen molar-refractivity contribution in [2.24, 2.45) is 0 Å². The van der Waals surface area contributed by atoms with Gasteiger partial charge in [-0.2, -0.15) is 5.10 Å². The monoisotopic (exact) mass is 177 g/mol. The molecule has 0 aromatic carbocycles. The summed E-state index contributed by atoms with van der Waals surface area (Å²) in [6, 6.07) is 0. The maximum absolute atomic E-state index is 5.81. The highest BCUT2D eigenvalue weighted by molar-refractivity contribution is 5.75. The molecule has 3 N–H and O–H groups in total. The first-order chi connectivity index (χ1) is 6.29. The molecule has 2 rings (SSSR count). The molecule has 1 heterocycles. The van der Waals surface area contributed by atoms with Crippen LogP contribution in [-0.4, -0.2) is 10.2 Å². The van der Waals surface area contributed by atoms with E-state index < -0.39 is 0 Å². The van der Waals surface area contributed by atoms with Crippen molar-refractivity contribution in [3.8, 4) is 0 Å². The van der Waals surface area contributed by atoms with Crippen molar-refractivity contribution in [1.82, 2.24) is 10.2 Å². The molecule has 3 nitrogen and oxygen atoms in total. The largest absolute Gasteiger partial charge is 0.384 e. The fourth-order valence-electron chi connectivity index (χ4n) is 1.92. The molecule has 0 saturated heterocycles. The lowest BCUT2D eigenvalue weighted by molar-refractivity contribution is 0.742. The van der Waals surface area contributed by atoms with Gasteiger partial charge in [-0.25, -0.2) is 0 Å². The summed E-state index contributed by atoms with van der Waals surface area (Å²) < 4.78 is 0. The zero-order valence-corrected chi connectivity index (χ0v) is 7.93. The van der Waals surface area contributed by atoms with E-state index in [0.29, 0.717) is 5.82 Å². The molecule has 0 radical (unpaired) electrons. The second-order valence-electron chi connectivity index (χ2n) is 3.57. The molecule has 0 amide bonds. The van der Waals surface area contributed by atoms with Crippen LogP contribution in [0.1, 0.15) is 36.9 Å². The van der Waals surface area contributed by atoms with Crippen LogP contribution in [0.25, 0.3) is 5.57 Å². The predicted molar refractivity (Wildman–Crippen MR) is 54.2 cm³/mol. The highest BCUT2D eigenvalue weighted by Gasteiger charge is 2.13. The van der Waals surface area contributed by atoms with Gasteiger partial charge in [-0.15, -0.1) is 0 Å². The summed E-state index contributed by atoms with van der Waals surface area (Å²) in [7, 11) is 0. The number of allylic oxidation sites excluding steroid dienone is 2. The van der Waals surface area contributed by atoms with Gasteiger partial charge in [0.1, 0.15) is 5.82 Å². The van der Waals surface area contributed by atoms with Crippen LogP contribution in [0, 0.1) is 6.92 Å². The SMILES string of the molecule is Cc1n[nH]c(N)c1C1=CCCCC1. The zero-order chi connectivity index (χ0) is 9.26. The zero-order valence-electron chi connectivity index (χ0n) is 7.93. The Morgan fingerprint density at radius 1 is 1.46 bits per heavy atom. The van der Waals surface area contributed by atoms with Crippen LogP contribution in [0.5, 0.6) is 0 Å². The standard InChI is InChI=1S/C10H15N3/c1-7-9(10(11)13-12-7)8-5-3-2-4-6-8/h5H,2-4,6H2,1H3,(H3,11,12,13). The summed E-state index contributed by atoms with van der Waals surface area (Å²) >= 11 is 0. The average Bonchev–Trinajstić information content (AvgIpc) is 2.48. The summed E-state index contributed by atoms with van der Waals surface area (Å²) in [6.07, 6.45) is 7.19. The first kappa shape index (κ1) is 8.35.